The van der Waals surface area contributed by atoms with E-state index in [4.69, 9.17) is 9.47 Å². The molecule has 0 aromatic heterocycles. The molecule has 0 saturated carbocycles. The van der Waals surface area contributed by atoms with Gasteiger partial charge in [0.1, 0.15) is 0 Å². The molecule has 0 aromatic rings. The van der Waals surface area contributed by atoms with Gasteiger partial charge in [0, 0.05) is 0 Å². The summed E-state index contributed by atoms with van der Waals surface area (Å²) < 4.78 is 10.2. The molecule has 0 radical (unpaired) electrons. The van der Waals surface area contributed by atoms with Gasteiger partial charge in [-0.15, -0.1) is 6.58 Å². The summed E-state index contributed by atoms with van der Waals surface area (Å²) in [5, 5.41) is 9.38. The average Bonchev–Trinajstić information content (AvgIpc) is 2.04. The van der Waals surface area contributed by atoms with Gasteiger partial charge in [-0.3, -0.25) is 0 Å². The SMILES string of the molecule is C=CCOCCOC(C)(O)CC. The minimum atomic E-state index is -1.02. The zero-order valence-corrected chi connectivity index (χ0v) is 7.88. The van der Waals surface area contributed by atoms with Crippen LogP contribution in [0.15, 0.2) is 12.7 Å². The molecule has 0 spiro atoms. The van der Waals surface area contributed by atoms with Crippen LogP contribution in [-0.4, -0.2) is 30.7 Å². The molecule has 0 rings (SSSR count). The summed E-state index contributed by atoms with van der Waals surface area (Å²) in [7, 11) is 0. The standard InChI is InChI=1S/C9H18O3/c1-4-6-11-7-8-12-9(3,10)5-2/h4,10H,1,5-8H2,2-3H3. The quantitative estimate of drug-likeness (QED) is 0.359. The van der Waals surface area contributed by atoms with E-state index >= 15 is 0 Å². The number of hydrogen-bond donors (Lipinski definition) is 1. The Hall–Kier alpha value is -0.380. The van der Waals surface area contributed by atoms with Gasteiger partial charge in [0.15, 0.2) is 5.79 Å². The van der Waals surface area contributed by atoms with Crippen LogP contribution >= 0.6 is 0 Å². The van der Waals surface area contributed by atoms with E-state index in [0.717, 1.165) is 0 Å². The van der Waals surface area contributed by atoms with Crippen LogP contribution in [0, 0.1) is 0 Å². The smallest absolute Gasteiger partial charge is 0.162 e. The van der Waals surface area contributed by atoms with Crippen LogP contribution in [0.25, 0.3) is 0 Å². The lowest BCUT2D eigenvalue weighted by Gasteiger charge is -2.21. The molecule has 0 amide bonds. The molecule has 0 aliphatic rings. The minimum absolute atomic E-state index is 0.411. The predicted molar refractivity (Wildman–Crippen MR) is 47.9 cm³/mol. The Balaban J connectivity index is 3.24. The Morgan fingerprint density at radius 3 is 2.67 bits per heavy atom. The van der Waals surface area contributed by atoms with Crippen molar-refractivity contribution in [3.63, 3.8) is 0 Å². The Kier molecular flexibility index (Phi) is 5.98. The third-order valence-electron chi connectivity index (χ3n) is 1.53. The molecule has 0 heterocycles. The molecule has 72 valence electrons. The summed E-state index contributed by atoms with van der Waals surface area (Å²) in [5.41, 5.74) is 0. The third-order valence-corrected chi connectivity index (χ3v) is 1.53. The Morgan fingerprint density at radius 1 is 1.50 bits per heavy atom. The topological polar surface area (TPSA) is 38.7 Å². The van der Waals surface area contributed by atoms with Gasteiger partial charge in [-0.05, 0) is 13.3 Å². The predicted octanol–water partition coefficient (Wildman–Crippen LogP) is 1.32. The maximum atomic E-state index is 9.38. The van der Waals surface area contributed by atoms with Crippen LogP contribution in [-0.2, 0) is 9.47 Å². The molecule has 0 aliphatic heterocycles. The van der Waals surface area contributed by atoms with Crippen molar-refractivity contribution >= 4 is 0 Å². The highest BCUT2D eigenvalue weighted by Crippen LogP contribution is 2.09. The van der Waals surface area contributed by atoms with Gasteiger partial charge in [-0.2, -0.15) is 0 Å². The van der Waals surface area contributed by atoms with Gasteiger partial charge in [0.2, 0.25) is 0 Å². The van der Waals surface area contributed by atoms with Crippen LogP contribution in [0.2, 0.25) is 0 Å². The fraction of sp³-hybridized carbons (Fsp3) is 0.778. The van der Waals surface area contributed by atoms with Crippen molar-refractivity contribution in [2.24, 2.45) is 0 Å². The highest BCUT2D eigenvalue weighted by Gasteiger charge is 2.16. The van der Waals surface area contributed by atoms with E-state index in [9.17, 15) is 5.11 Å². The van der Waals surface area contributed by atoms with Crippen LogP contribution in [0.3, 0.4) is 0 Å². The van der Waals surface area contributed by atoms with Crippen molar-refractivity contribution in [1.82, 2.24) is 0 Å². The molecule has 1 unspecified atom stereocenters. The fourth-order valence-electron chi connectivity index (χ4n) is 0.589. The zero-order valence-electron chi connectivity index (χ0n) is 7.88. The molecule has 0 saturated heterocycles. The lowest BCUT2D eigenvalue weighted by atomic mass is 10.2. The molecular formula is C9H18O3. The Morgan fingerprint density at radius 2 is 2.17 bits per heavy atom. The maximum absolute atomic E-state index is 9.38. The summed E-state index contributed by atoms with van der Waals surface area (Å²) in [4.78, 5) is 0. The second kappa shape index (κ2) is 6.17. The lowest BCUT2D eigenvalue weighted by molar-refractivity contribution is -0.197. The van der Waals surface area contributed by atoms with Crippen LogP contribution in [0.4, 0.5) is 0 Å². The summed E-state index contributed by atoms with van der Waals surface area (Å²) in [6.45, 7) is 8.44. The molecule has 0 aromatic carbocycles. The number of aliphatic hydroxyl groups is 1. The van der Waals surface area contributed by atoms with Crippen molar-refractivity contribution in [3.05, 3.63) is 12.7 Å². The van der Waals surface area contributed by atoms with Gasteiger partial charge in [-0.25, -0.2) is 0 Å². The van der Waals surface area contributed by atoms with E-state index < -0.39 is 5.79 Å². The Bertz CT molecular complexity index is 121. The van der Waals surface area contributed by atoms with E-state index in [2.05, 4.69) is 6.58 Å². The Labute approximate surface area is 74.0 Å². The van der Waals surface area contributed by atoms with Gasteiger partial charge >= 0.3 is 0 Å². The average molecular weight is 174 g/mol. The third kappa shape index (κ3) is 6.34. The number of rotatable bonds is 7. The molecule has 0 bridgehead atoms. The van der Waals surface area contributed by atoms with E-state index in [0.29, 0.717) is 26.2 Å². The molecule has 0 fully saturated rings. The van der Waals surface area contributed by atoms with Gasteiger partial charge in [0.05, 0.1) is 19.8 Å². The van der Waals surface area contributed by atoms with Crippen LogP contribution < -0.4 is 0 Å². The summed E-state index contributed by atoms with van der Waals surface area (Å²) in [6, 6.07) is 0. The molecule has 12 heavy (non-hydrogen) atoms. The van der Waals surface area contributed by atoms with Gasteiger partial charge < -0.3 is 14.6 Å². The van der Waals surface area contributed by atoms with Crippen molar-refractivity contribution < 1.29 is 14.6 Å². The summed E-state index contributed by atoms with van der Waals surface area (Å²) >= 11 is 0. The van der Waals surface area contributed by atoms with E-state index in [1.54, 1.807) is 13.0 Å². The second-order valence-corrected chi connectivity index (χ2v) is 2.74. The van der Waals surface area contributed by atoms with Crippen LogP contribution in [0.5, 0.6) is 0 Å². The van der Waals surface area contributed by atoms with E-state index in [-0.39, 0.29) is 0 Å². The van der Waals surface area contributed by atoms with Crippen molar-refractivity contribution in [2.75, 3.05) is 19.8 Å². The molecule has 1 atom stereocenters. The van der Waals surface area contributed by atoms with Crippen molar-refractivity contribution in [1.29, 1.82) is 0 Å². The number of ether oxygens (including phenoxy) is 2. The van der Waals surface area contributed by atoms with Crippen molar-refractivity contribution in [2.45, 2.75) is 26.1 Å². The van der Waals surface area contributed by atoms with Gasteiger partial charge in [-0.1, -0.05) is 13.0 Å². The van der Waals surface area contributed by atoms with Gasteiger partial charge in [0.25, 0.3) is 0 Å². The summed E-state index contributed by atoms with van der Waals surface area (Å²) in [5.74, 6) is -1.02. The van der Waals surface area contributed by atoms with Crippen LogP contribution in [0.1, 0.15) is 20.3 Å². The molecule has 3 nitrogen and oxygen atoms in total. The van der Waals surface area contributed by atoms with E-state index in [1.807, 2.05) is 6.92 Å². The number of hydrogen-bond acceptors (Lipinski definition) is 3. The first kappa shape index (κ1) is 11.6. The van der Waals surface area contributed by atoms with E-state index in [1.165, 1.54) is 0 Å². The fourth-order valence-corrected chi connectivity index (χ4v) is 0.589. The minimum Gasteiger partial charge on any atom is -0.375 e. The highest BCUT2D eigenvalue weighted by molar-refractivity contribution is 4.63. The second-order valence-electron chi connectivity index (χ2n) is 2.74. The molecule has 1 N–H and O–H groups in total. The summed E-state index contributed by atoms with van der Waals surface area (Å²) in [6.07, 6.45) is 2.26. The molecule has 0 aliphatic carbocycles. The first-order valence-electron chi connectivity index (χ1n) is 4.17. The first-order valence-corrected chi connectivity index (χ1v) is 4.17. The molecule has 3 heteroatoms. The van der Waals surface area contributed by atoms with Crippen molar-refractivity contribution in [3.8, 4) is 0 Å². The molecular weight excluding hydrogens is 156 g/mol. The highest BCUT2D eigenvalue weighted by atomic mass is 16.6. The largest absolute Gasteiger partial charge is 0.375 e. The zero-order chi connectivity index (χ0) is 9.45. The monoisotopic (exact) mass is 174 g/mol. The normalized spacial score (nSPS) is 15.6. The maximum Gasteiger partial charge on any atom is 0.162 e. The lowest BCUT2D eigenvalue weighted by Crippen LogP contribution is -2.28. The first-order chi connectivity index (χ1) is 5.62.